The number of hydrogen-bond donors (Lipinski definition) is 1. The molecule has 1 aliphatic heterocycles. The van der Waals surface area contributed by atoms with E-state index >= 15 is 0 Å². The molecule has 124 valence electrons. The van der Waals surface area contributed by atoms with Crippen molar-refractivity contribution in [2.75, 3.05) is 13.1 Å². The summed E-state index contributed by atoms with van der Waals surface area (Å²) < 4.78 is 13.8. The van der Waals surface area contributed by atoms with E-state index in [1.807, 2.05) is 6.92 Å². The highest BCUT2D eigenvalue weighted by atomic mass is 19.1. The van der Waals surface area contributed by atoms with Gasteiger partial charge in [0.05, 0.1) is 5.92 Å². The van der Waals surface area contributed by atoms with Crippen molar-refractivity contribution in [1.29, 1.82) is 0 Å². The quantitative estimate of drug-likeness (QED) is 0.928. The van der Waals surface area contributed by atoms with Gasteiger partial charge in [-0.05, 0) is 42.2 Å². The number of carbonyl (C=O) groups is 2. The number of piperidine rings is 1. The maximum atomic E-state index is 13.8. The highest BCUT2D eigenvalue weighted by Gasteiger charge is 2.59. The molecule has 1 saturated heterocycles. The van der Waals surface area contributed by atoms with E-state index in [4.69, 9.17) is 5.11 Å². The molecule has 2 aliphatic rings. The summed E-state index contributed by atoms with van der Waals surface area (Å²) in [6, 6.07) is 6.56. The highest BCUT2D eigenvalue weighted by molar-refractivity contribution is 5.78. The standard InChI is InChI=1S/C18H22FNO3/c1-12(13-4-2-3-5-15(13)19)10-16(21)20-8-6-18(7-9-20)11-14(18)17(22)23/h2-5,12,14H,6-11H2,1H3,(H,22,23). The van der Waals surface area contributed by atoms with Gasteiger partial charge in [-0.25, -0.2) is 4.39 Å². The second-order valence-electron chi connectivity index (χ2n) is 6.96. The average molecular weight is 319 g/mol. The van der Waals surface area contributed by atoms with Crippen LogP contribution in [0.15, 0.2) is 24.3 Å². The van der Waals surface area contributed by atoms with E-state index in [0.29, 0.717) is 18.7 Å². The molecule has 1 aromatic carbocycles. The first-order valence-electron chi connectivity index (χ1n) is 8.18. The first-order valence-corrected chi connectivity index (χ1v) is 8.18. The zero-order valence-corrected chi connectivity index (χ0v) is 13.3. The lowest BCUT2D eigenvalue weighted by Crippen LogP contribution is -2.40. The van der Waals surface area contributed by atoms with Crippen molar-refractivity contribution < 1.29 is 19.1 Å². The van der Waals surface area contributed by atoms with Crippen LogP contribution in [0.5, 0.6) is 0 Å². The summed E-state index contributed by atoms with van der Waals surface area (Å²) in [7, 11) is 0. The van der Waals surface area contributed by atoms with Crippen molar-refractivity contribution >= 4 is 11.9 Å². The van der Waals surface area contributed by atoms with Crippen LogP contribution in [0.3, 0.4) is 0 Å². The van der Waals surface area contributed by atoms with Gasteiger partial charge in [-0.3, -0.25) is 9.59 Å². The Labute approximate surface area is 135 Å². The number of benzene rings is 1. The van der Waals surface area contributed by atoms with E-state index in [1.165, 1.54) is 6.07 Å². The van der Waals surface area contributed by atoms with E-state index < -0.39 is 5.97 Å². The van der Waals surface area contributed by atoms with E-state index in [0.717, 1.165) is 19.3 Å². The molecule has 1 amide bonds. The number of carbonyl (C=O) groups excluding carboxylic acids is 1. The summed E-state index contributed by atoms with van der Waals surface area (Å²) in [6.45, 7) is 3.10. The molecule has 1 aliphatic carbocycles. The van der Waals surface area contributed by atoms with Crippen molar-refractivity contribution in [2.24, 2.45) is 11.3 Å². The first-order chi connectivity index (χ1) is 10.9. The van der Waals surface area contributed by atoms with Gasteiger partial charge < -0.3 is 10.0 Å². The van der Waals surface area contributed by atoms with Gasteiger partial charge in [0.15, 0.2) is 0 Å². The van der Waals surface area contributed by atoms with E-state index in [-0.39, 0.29) is 35.4 Å². The van der Waals surface area contributed by atoms with Crippen LogP contribution in [-0.2, 0) is 9.59 Å². The molecular weight excluding hydrogens is 297 g/mol. The number of aliphatic carboxylic acids is 1. The fourth-order valence-corrected chi connectivity index (χ4v) is 3.83. The zero-order chi connectivity index (χ0) is 16.6. The summed E-state index contributed by atoms with van der Waals surface area (Å²) in [5, 5.41) is 9.10. The molecule has 4 nitrogen and oxygen atoms in total. The number of nitrogens with zero attached hydrogens (tertiary/aromatic N) is 1. The van der Waals surface area contributed by atoms with Crippen LogP contribution in [0.25, 0.3) is 0 Å². The highest BCUT2D eigenvalue weighted by Crippen LogP contribution is 2.59. The number of halogens is 1. The minimum absolute atomic E-state index is 0.0307. The lowest BCUT2D eigenvalue weighted by molar-refractivity contribution is -0.139. The first kappa shape index (κ1) is 16.0. The van der Waals surface area contributed by atoms with E-state index in [2.05, 4.69) is 0 Å². The van der Waals surface area contributed by atoms with Gasteiger partial charge in [-0.1, -0.05) is 25.1 Å². The van der Waals surface area contributed by atoms with E-state index in [9.17, 15) is 14.0 Å². The van der Waals surface area contributed by atoms with Gasteiger partial charge in [-0.2, -0.15) is 0 Å². The monoisotopic (exact) mass is 319 g/mol. The van der Waals surface area contributed by atoms with Crippen LogP contribution in [0.2, 0.25) is 0 Å². The Hall–Kier alpha value is -1.91. The maximum absolute atomic E-state index is 13.8. The Kier molecular flexibility index (Phi) is 4.13. The normalized spacial score (nSPS) is 23.6. The Morgan fingerprint density at radius 3 is 2.57 bits per heavy atom. The molecule has 1 aromatic rings. The Bertz CT molecular complexity index is 622. The van der Waals surface area contributed by atoms with Crippen molar-refractivity contribution in [1.82, 2.24) is 4.90 Å². The molecule has 0 radical (unpaired) electrons. The average Bonchev–Trinajstić information content (AvgIpc) is 3.22. The molecule has 5 heteroatoms. The Morgan fingerprint density at radius 1 is 1.35 bits per heavy atom. The van der Waals surface area contributed by atoms with Crippen molar-refractivity contribution in [3.8, 4) is 0 Å². The number of likely N-dealkylation sites (tertiary alicyclic amines) is 1. The van der Waals surface area contributed by atoms with Crippen molar-refractivity contribution in [3.05, 3.63) is 35.6 Å². The summed E-state index contributed by atoms with van der Waals surface area (Å²) in [5.41, 5.74) is 0.502. The number of carboxylic acid groups (broad SMARTS) is 1. The fraction of sp³-hybridized carbons (Fsp3) is 0.556. The number of carboxylic acids is 1. The largest absolute Gasteiger partial charge is 0.481 e. The second-order valence-corrected chi connectivity index (χ2v) is 6.96. The molecule has 2 fully saturated rings. The predicted molar refractivity (Wildman–Crippen MR) is 83.4 cm³/mol. The summed E-state index contributed by atoms with van der Waals surface area (Å²) >= 11 is 0. The van der Waals surface area contributed by atoms with Crippen LogP contribution < -0.4 is 0 Å². The van der Waals surface area contributed by atoms with Crippen molar-refractivity contribution in [2.45, 2.75) is 38.5 Å². The molecule has 1 spiro atoms. The molecule has 0 bridgehead atoms. The maximum Gasteiger partial charge on any atom is 0.307 e. The number of rotatable bonds is 4. The molecule has 3 rings (SSSR count). The fourth-order valence-electron chi connectivity index (χ4n) is 3.83. The molecule has 2 unspecified atom stereocenters. The van der Waals surface area contributed by atoms with Crippen LogP contribution >= 0.6 is 0 Å². The lowest BCUT2D eigenvalue weighted by Gasteiger charge is -2.33. The lowest BCUT2D eigenvalue weighted by atomic mass is 9.90. The topological polar surface area (TPSA) is 57.6 Å². The third-order valence-corrected chi connectivity index (χ3v) is 5.52. The van der Waals surface area contributed by atoms with Crippen LogP contribution in [0, 0.1) is 17.2 Å². The predicted octanol–water partition coefficient (Wildman–Crippen LogP) is 3.03. The van der Waals surface area contributed by atoms with E-state index in [1.54, 1.807) is 23.1 Å². The molecule has 1 saturated carbocycles. The molecule has 23 heavy (non-hydrogen) atoms. The second kappa shape index (κ2) is 5.95. The molecule has 0 aromatic heterocycles. The minimum Gasteiger partial charge on any atom is -0.481 e. The van der Waals surface area contributed by atoms with Crippen LogP contribution in [0.1, 0.15) is 44.1 Å². The third kappa shape index (κ3) is 3.09. The smallest absolute Gasteiger partial charge is 0.307 e. The summed E-state index contributed by atoms with van der Waals surface area (Å²) in [4.78, 5) is 25.3. The molecule has 2 atom stereocenters. The van der Waals surface area contributed by atoms with Gasteiger partial charge >= 0.3 is 5.97 Å². The van der Waals surface area contributed by atoms with Gasteiger partial charge in [0.25, 0.3) is 0 Å². The third-order valence-electron chi connectivity index (χ3n) is 5.52. The molecular formula is C18H22FNO3. The molecule has 1 N–H and O–H groups in total. The Morgan fingerprint density at radius 2 is 2.00 bits per heavy atom. The van der Waals surface area contributed by atoms with Gasteiger partial charge in [0.1, 0.15) is 5.82 Å². The van der Waals surface area contributed by atoms with Crippen LogP contribution in [-0.4, -0.2) is 35.0 Å². The molecule has 1 heterocycles. The number of amides is 1. The Balaban J connectivity index is 1.54. The van der Waals surface area contributed by atoms with Gasteiger partial charge in [-0.15, -0.1) is 0 Å². The van der Waals surface area contributed by atoms with Gasteiger partial charge in [0.2, 0.25) is 5.91 Å². The van der Waals surface area contributed by atoms with Crippen LogP contribution in [0.4, 0.5) is 4.39 Å². The minimum atomic E-state index is -0.710. The van der Waals surface area contributed by atoms with Crippen molar-refractivity contribution in [3.63, 3.8) is 0 Å². The summed E-state index contributed by atoms with van der Waals surface area (Å²) in [6.07, 6.45) is 2.57. The zero-order valence-electron chi connectivity index (χ0n) is 13.3. The number of hydrogen-bond acceptors (Lipinski definition) is 2. The SMILES string of the molecule is CC(CC(=O)N1CCC2(CC1)CC2C(=O)O)c1ccccc1F. The summed E-state index contributed by atoms with van der Waals surface area (Å²) in [5.74, 6) is -1.34. The van der Waals surface area contributed by atoms with Gasteiger partial charge in [0, 0.05) is 19.5 Å².